The van der Waals surface area contributed by atoms with E-state index in [4.69, 9.17) is 16.5 Å². The van der Waals surface area contributed by atoms with Gasteiger partial charge in [0.25, 0.3) is 12.5 Å². The van der Waals surface area contributed by atoms with E-state index in [1.165, 1.54) is 6.08 Å². The SMILES string of the molecule is CC1(C)CC(N=C=O)CC(C)(COC#N)C1.I.N#COCCCCCCN=C=O.[2H]P(I)I.[HH]. The van der Waals surface area contributed by atoms with Gasteiger partial charge in [0.1, 0.15) is 13.2 Å². The molecule has 1 aliphatic rings. The van der Waals surface area contributed by atoms with E-state index in [9.17, 15) is 9.59 Å². The number of nitriles is 2. The number of nitrogens with zero attached hydrogens (tertiary/aromatic N) is 4. The van der Waals surface area contributed by atoms with Gasteiger partial charge in [-0.15, -0.1) is 24.0 Å². The first-order valence-corrected chi connectivity index (χ1v) is 16.3. The fraction of sp³-hybridized carbons (Fsp3) is 0.800. The maximum atomic E-state index is 10.3. The number of isocyanates is 2. The highest BCUT2D eigenvalue weighted by atomic mass is 127. The quantitative estimate of drug-likeness (QED) is 0.0584. The average molecular weight is 807 g/mol. The normalized spacial score (nSPS) is 20.4. The monoisotopic (exact) mass is 807 g/mol. The smallest absolute Gasteiger partial charge is 0.286 e. The summed E-state index contributed by atoms with van der Waals surface area (Å²) in [6.07, 6.45) is 12.9. The summed E-state index contributed by atoms with van der Waals surface area (Å²) >= 11 is 4.12. The molecule has 12 heteroatoms. The van der Waals surface area contributed by atoms with Gasteiger partial charge >= 0.3 is 0 Å². The number of aliphatic imine (C=N–C) groups is 2. The summed E-state index contributed by atoms with van der Waals surface area (Å²) < 4.78 is 15.5. The zero-order chi connectivity index (χ0) is 24.9. The molecule has 32 heavy (non-hydrogen) atoms. The van der Waals surface area contributed by atoms with Gasteiger partial charge in [-0.3, -0.25) is 0 Å². The Morgan fingerprint density at radius 3 is 2.22 bits per heavy atom. The molecule has 2 unspecified atom stereocenters. The number of hydrogen-bond acceptors (Lipinski definition) is 8. The molecule has 0 radical (unpaired) electrons. The summed E-state index contributed by atoms with van der Waals surface area (Å²) in [6.45, 7) is 7.85. The van der Waals surface area contributed by atoms with E-state index in [1.54, 1.807) is 18.6 Å². The third-order valence-corrected chi connectivity index (χ3v) is 4.54. The summed E-state index contributed by atoms with van der Waals surface area (Å²) in [5.74, 6) is 0. The van der Waals surface area contributed by atoms with Crippen molar-refractivity contribution in [3.63, 3.8) is 0 Å². The van der Waals surface area contributed by atoms with E-state index < -0.39 is 3.81 Å². The lowest BCUT2D eigenvalue weighted by Gasteiger charge is -2.44. The van der Waals surface area contributed by atoms with Crippen LogP contribution in [-0.4, -0.2) is 39.2 Å². The minimum absolute atomic E-state index is 0. The summed E-state index contributed by atoms with van der Waals surface area (Å²) in [7, 11) is 0. The first kappa shape index (κ1) is 34.1. The molecule has 0 aromatic rings. The topological polar surface area (TPSA) is 125 Å². The fourth-order valence-electron chi connectivity index (χ4n) is 3.87. The summed E-state index contributed by atoms with van der Waals surface area (Å²) in [4.78, 5) is 27.2. The number of hydrogen-bond donors (Lipinski definition) is 0. The lowest BCUT2D eigenvalue weighted by atomic mass is 9.63. The van der Waals surface area contributed by atoms with Crippen molar-refractivity contribution in [2.75, 3.05) is 19.8 Å². The number of unbranched alkanes of at least 4 members (excludes halogenated alkanes) is 3. The van der Waals surface area contributed by atoms with Gasteiger partial charge in [0.15, 0.2) is 0 Å². The molecule has 184 valence electrons. The fourth-order valence-corrected chi connectivity index (χ4v) is 3.87. The van der Waals surface area contributed by atoms with Crippen LogP contribution in [0, 0.1) is 33.9 Å². The zero-order valence-corrected chi connectivity index (χ0v) is 26.2. The Labute approximate surface area is 239 Å². The molecule has 1 aliphatic carbocycles. The summed E-state index contributed by atoms with van der Waals surface area (Å²) in [5, 5.41) is 16.5. The van der Waals surface area contributed by atoms with E-state index in [1.807, 2.05) is 0 Å². The standard InChI is InChI=1S/C12H18N2O2.C8H12N2O2.HI2P.HI.H2/c1-11(2)4-10(14-9-15)5-12(3,6-11)7-16-8-13;9-7-12-6-4-2-1-3-5-10-8-11;1-3-2;;/h10H,4-7H2,1-3H3;1-6H2;3H;2*1H/i;;3D;;. The summed E-state index contributed by atoms with van der Waals surface area (Å²) in [6, 6.07) is 0.00791. The Morgan fingerprint density at radius 2 is 1.69 bits per heavy atom. The Kier molecular flexibility index (Phi) is 25.7. The zero-order valence-electron chi connectivity index (χ0n) is 19.7. The molecule has 0 aromatic carbocycles. The second-order valence-corrected chi connectivity index (χ2v) is 16.8. The summed E-state index contributed by atoms with van der Waals surface area (Å²) in [5.41, 5.74) is 0.0410. The van der Waals surface area contributed by atoms with Crippen LogP contribution in [0.2, 0.25) is 0 Å². The van der Waals surface area contributed by atoms with Crippen LogP contribution in [0.5, 0.6) is 0 Å². The molecule has 0 aliphatic heterocycles. The Balaban J connectivity index is -0.000000223. The molecule has 1 fully saturated rings. The minimum Gasteiger partial charge on any atom is -0.428 e. The number of ether oxygens (including phenoxy) is 2. The van der Waals surface area contributed by atoms with Crippen LogP contribution in [0.4, 0.5) is 0 Å². The maximum Gasteiger partial charge on any atom is 0.286 e. The third kappa shape index (κ3) is 23.1. The maximum absolute atomic E-state index is 10.3. The first-order chi connectivity index (χ1) is 15.1. The van der Waals surface area contributed by atoms with Gasteiger partial charge in [0, 0.05) is 10.7 Å². The number of carbonyl (C=O) groups excluding carboxylic acids is 2. The van der Waals surface area contributed by atoms with Crippen molar-refractivity contribution in [1.29, 1.82) is 11.8 Å². The average Bonchev–Trinajstić information content (AvgIpc) is 2.67. The molecule has 0 bridgehead atoms. The van der Waals surface area contributed by atoms with Gasteiger partial charge in [-0.25, -0.2) is 19.6 Å². The molecule has 0 amide bonds. The molecule has 1 rings (SSSR count). The second-order valence-electron chi connectivity index (χ2n) is 8.20. The molecule has 0 saturated heterocycles. The van der Waals surface area contributed by atoms with Gasteiger partial charge in [0.05, 0.1) is 13.9 Å². The molecular weight excluding hydrogens is 772 g/mol. The lowest BCUT2D eigenvalue weighted by Crippen LogP contribution is -2.40. The Hall–Kier alpha value is -0.0400. The van der Waals surface area contributed by atoms with Gasteiger partial charge < -0.3 is 9.47 Å². The van der Waals surface area contributed by atoms with Crippen molar-refractivity contribution in [2.24, 2.45) is 20.8 Å². The lowest BCUT2D eigenvalue weighted by molar-refractivity contribution is 0.0288. The first-order valence-electron chi connectivity index (χ1n) is 10.2. The van der Waals surface area contributed by atoms with Gasteiger partial charge in [-0.05, 0) is 88.0 Å². The van der Waals surface area contributed by atoms with Crippen LogP contribution in [0.15, 0.2) is 9.98 Å². The van der Waals surface area contributed by atoms with Crippen molar-refractivity contribution in [3.8, 4) is 12.5 Å². The second kappa shape index (κ2) is 24.1. The molecule has 0 heterocycles. The number of rotatable bonds is 10. The van der Waals surface area contributed by atoms with E-state index in [2.05, 4.69) is 79.6 Å². The molecular formula is C20H34I3N4O4P. The van der Waals surface area contributed by atoms with Gasteiger partial charge in [0.2, 0.25) is 12.2 Å². The molecule has 8 nitrogen and oxygen atoms in total. The van der Waals surface area contributed by atoms with Crippen LogP contribution in [0.3, 0.4) is 0 Å². The van der Waals surface area contributed by atoms with E-state index in [0.717, 1.165) is 44.9 Å². The van der Waals surface area contributed by atoms with Crippen molar-refractivity contribution in [1.82, 2.24) is 0 Å². The highest BCUT2D eigenvalue weighted by Crippen LogP contribution is 2.47. The molecule has 0 spiro atoms. The highest BCUT2D eigenvalue weighted by molar-refractivity contribution is 14.3. The van der Waals surface area contributed by atoms with Crippen LogP contribution in [-0.2, 0) is 19.1 Å². The van der Waals surface area contributed by atoms with E-state index >= 15 is 0 Å². The number of halogens is 3. The van der Waals surface area contributed by atoms with Crippen LogP contribution >= 0.6 is 71.9 Å². The predicted octanol–water partition coefficient (Wildman–Crippen LogP) is 7.01. The van der Waals surface area contributed by atoms with Crippen LogP contribution in [0.25, 0.3) is 0 Å². The molecule has 0 aromatic heterocycles. The molecule has 1 saturated carbocycles. The minimum atomic E-state index is -0.430. The van der Waals surface area contributed by atoms with E-state index in [0.29, 0.717) is 19.8 Å². The van der Waals surface area contributed by atoms with Crippen molar-refractivity contribution < 1.29 is 20.5 Å². The van der Waals surface area contributed by atoms with Crippen LogP contribution in [0.1, 0.15) is 67.1 Å². The van der Waals surface area contributed by atoms with E-state index in [-0.39, 0.29) is 42.3 Å². The largest absolute Gasteiger partial charge is 0.428 e. The van der Waals surface area contributed by atoms with Crippen molar-refractivity contribution >= 4 is 84.0 Å². The Bertz CT molecular complexity index is 696. The van der Waals surface area contributed by atoms with Crippen molar-refractivity contribution in [3.05, 3.63) is 0 Å². The van der Waals surface area contributed by atoms with Crippen molar-refractivity contribution in [2.45, 2.75) is 71.8 Å². The third-order valence-electron chi connectivity index (χ3n) is 4.54. The molecule has 0 N–H and O–H groups in total. The Morgan fingerprint density at radius 1 is 1.09 bits per heavy atom. The highest BCUT2D eigenvalue weighted by Gasteiger charge is 2.41. The van der Waals surface area contributed by atoms with Gasteiger partial charge in [-0.2, -0.15) is 10.5 Å². The predicted molar refractivity (Wildman–Crippen MR) is 156 cm³/mol. The molecule has 2 atom stereocenters. The van der Waals surface area contributed by atoms with Gasteiger partial charge in [-0.1, -0.05) is 27.2 Å². The van der Waals surface area contributed by atoms with Crippen LogP contribution < -0.4 is 0 Å².